The molecular formula is C15H21NOS. The van der Waals surface area contributed by atoms with Gasteiger partial charge in [-0.25, -0.2) is 0 Å². The second-order valence-corrected chi connectivity index (χ2v) is 6.40. The van der Waals surface area contributed by atoms with E-state index >= 15 is 0 Å². The molecule has 0 saturated carbocycles. The quantitative estimate of drug-likeness (QED) is 0.901. The highest BCUT2D eigenvalue weighted by molar-refractivity contribution is 8.00. The normalized spacial score (nSPS) is 23.7. The summed E-state index contributed by atoms with van der Waals surface area (Å²) in [7, 11) is 0. The summed E-state index contributed by atoms with van der Waals surface area (Å²) in [6.45, 7) is 4.08. The van der Waals surface area contributed by atoms with Gasteiger partial charge in [0.25, 0.3) is 0 Å². The van der Waals surface area contributed by atoms with Crippen molar-refractivity contribution in [3.63, 3.8) is 0 Å². The van der Waals surface area contributed by atoms with Crippen LogP contribution in [-0.4, -0.2) is 24.2 Å². The molecule has 3 rings (SSSR count). The van der Waals surface area contributed by atoms with Crippen molar-refractivity contribution < 1.29 is 4.74 Å². The summed E-state index contributed by atoms with van der Waals surface area (Å²) in [6, 6.07) is 7.26. The van der Waals surface area contributed by atoms with E-state index in [1.165, 1.54) is 29.7 Å². The average Bonchev–Trinajstić information content (AvgIpc) is 3.05. The van der Waals surface area contributed by atoms with E-state index in [2.05, 4.69) is 42.2 Å². The fourth-order valence-corrected chi connectivity index (χ4v) is 4.36. The predicted octanol–water partition coefficient (Wildman–Crippen LogP) is 3.17. The van der Waals surface area contributed by atoms with Crippen molar-refractivity contribution in [2.45, 2.75) is 37.5 Å². The van der Waals surface area contributed by atoms with Crippen molar-refractivity contribution in [2.24, 2.45) is 0 Å². The van der Waals surface area contributed by atoms with Crippen molar-refractivity contribution in [2.75, 3.05) is 18.9 Å². The Balaban J connectivity index is 1.84. The van der Waals surface area contributed by atoms with Crippen LogP contribution in [0, 0.1) is 0 Å². The molecule has 98 valence electrons. The molecule has 2 nitrogen and oxygen atoms in total. The first-order chi connectivity index (χ1) is 8.88. The third kappa shape index (κ3) is 2.39. The van der Waals surface area contributed by atoms with Gasteiger partial charge in [-0.05, 0) is 42.3 Å². The smallest absolute Gasteiger partial charge is 0.122 e. The molecule has 0 spiro atoms. The minimum atomic E-state index is 0.508. The lowest BCUT2D eigenvalue weighted by atomic mass is 9.98. The first-order valence-corrected chi connectivity index (χ1v) is 8.04. The molecule has 2 aliphatic heterocycles. The Morgan fingerprint density at radius 2 is 2.44 bits per heavy atom. The number of hydrogen-bond donors (Lipinski definition) is 1. The van der Waals surface area contributed by atoms with Crippen molar-refractivity contribution in [3.05, 3.63) is 29.3 Å². The maximum Gasteiger partial charge on any atom is 0.122 e. The van der Waals surface area contributed by atoms with E-state index < -0.39 is 0 Å². The van der Waals surface area contributed by atoms with Gasteiger partial charge in [0.1, 0.15) is 5.75 Å². The van der Waals surface area contributed by atoms with Gasteiger partial charge >= 0.3 is 0 Å². The second-order valence-electron chi connectivity index (χ2n) is 5.05. The lowest BCUT2D eigenvalue weighted by Gasteiger charge is -2.24. The van der Waals surface area contributed by atoms with Crippen molar-refractivity contribution in [3.8, 4) is 5.75 Å². The molecule has 2 heterocycles. The fourth-order valence-electron chi connectivity index (χ4n) is 2.95. The maximum absolute atomic E-state index is 5.59. The van der Waals surface area contributed by atoms with Crippen LogP contribution >= 0.6 is 11.8 Å². The summed E-state index contributed by atoms with van der Waals surface area (Å²) in [5.41, 5.74) is 2.83. The van der Waals surface area contributed by atoms with Crippen molar-refractivity contribution in [1.29, 1.82) is 0 Å². The highest BCUT2D eigenvalue weighted by Crippen LogP contribution is 2.37. The van der Waals surface area contributed by atoms with E-state index in [9.17, 15) is 0 Å². The van der Waals surface area contributed by atoms with E-state index in [0.29, 0.717) is 6.04 Å². The molecule has 2 unspecified atom stereocenters. The van der Waals surface area contributed by atoms with Gasteiger partial charge in [-0.15, -0.1) is 0 Å². The van der Waals surface area contributed by atoms with Crippen LogP contribution in [0.15, 0.2) is 18.2 Å². The predicted molar refractivity (Wildman–Crippen MR) is 77.5 cm³/mol. The number of nitrogens with one attached hydrogen (secondary N) is 1. The standard InChI is InChI=1S/C15H21NOS/c1-2-16-15(14-4-3-9-18-14)12-5-6-13-11(10-12)7-8-17-13/h5-6,10,14-16H,2-4,7-9H2,1H3. The van der Waals surface area contributed by atoms with E-state index in [0.717, 1.165) is 30.6 Å². The van der Waals surface area contributed by atoms with E-state index in [4.69, 9.17) is 4.74 Å². The summed E-state index contributed by atoms with van der Waals surface area (Å²) in [6.07, 6.45) is 3.78. The molecule has 0 radical (unpaired) electrons. The molecule has 1 aromatic carbocycles. The molecular weight excluding hydrogens is 242 g/mol. The Morgan fingerprint density at radius 3 is 3.22 bits per heavy atom. The molecule has 0 amide bonds. The minimum absolute atomic E-state index is 0.508. The van der Waals surface area contributed by atoms with Crippen LogP contribution in [0.25, 0.3) is 0 Å². The Morgan fingerprint density at radius 1 is 1.50 bits per heavy atom. The van der Waals surface area contributed by atoms with Gasteiger partial charge in [-0.2, -0.15) is 11.8 Å². The zero-order valence-corrected chi connectivity index (χ0v) is 11.8. The van der Waals surface area contributed by atoms with Crippen LogP contribution in [-0.2, 0) is 6.42 Å². The molecule has 3 heteroatoms. The van der Waals surface area contributed by atoms with Crippen LogP contribution in [0.4, 0.5) is 0 Å². The van der Waals surface area contributed by atoms with Gasteiger partial charge < -0.3 is 10.1 Å². The number of rotatable bonds is 4. The topological polar surface area (TPSA) is 21.3 Å². The lowest BCUT2D eigenvalue weighted by Crippen LogP contribution is -2.28. The van der Waals surface area contributed by atoms with E-state index in [-0.39, 0.29) is 0 Å². The molecule has 1 N–H and O–H groups in total. The van der Waals surface area contributed by atoms with Crippen molar-refractivity contribution >= 4 is 11.8 Å². The molecule has 0 aromatic heterocycles. The Kier molecular flexibility index (Phi) is 3.80. The second kappa shape index (κ2) is 5.54. The number of ether oxygens (including phenoxy) is 1. The molecule has 2 atom stereocenters. The van der Waals surface area contributed by atoms with Gasteiger partial charge in [0, 0.05) is 17.7 Å². The van der Waals surface area contributed by atoms with Crippen LogP contribution in [0.3, 0.4) is 0 Å². The molecule has 0 bridgehead atoms. The van der Waals surface area contributed by atoms with Crippen LogP contribution < -0.4 is 10.1 Å². The largest absolute Gasteiger partial charge is 0.493 e. The Hall–Kier alpha value is -0.670. The third-order valence-corrected chi connectivity index (χ3v) is 5.29. The SMILES string of the molecule is CCNC(c1ccc2c(c1)CCO2)C1CCCS1. The van der Waals surface area contributed by atoms with Crippen LogP contribution in [0.1, 0.15) is 36.9 Å². The first-order valence-electron chi connectivity index (χ1n) is 6.99. The van der Waals surface area contributed by atoms with Crippen molar-refractivity contribution in [1.82, 2.24) is 5.32 Å². The summed E-state index contributed by atoms with van der Waals surface area (Å²) < 4.78 is 5.59. The number of fused-ring (bicyclic) bond motifs is 1. The number of benzene rings is 1. The van der Waals surface area contributed by atoms with Crippen LogP contribution in [0.5, 0.6) is 5.75 Å². The highest BCUT2D eigenvalue weighted by atomic mass is 32.2. The first kappa shape index (κ1) is 12.4. The summed E-state index contributed by atoms with van der Waals surface area (Å²) in [4.78, 5) is 0. The summed E-state index contributed by atoms with van der Waals surface area (Å²) >= 11 is 2.12. The molecule has 1 saturated heterocycles. The van der Waals surface area contributed by atoms with Crippen LogP contribution in [0.2, 0.25) is 0 Å². The highest BCUT2D eigenvalue weighted by Gasteiger charge is 2.27. The lowest BCUT2D eigenvalue weighted by molar-refractivity contribution is 0.356. The maximum atomic E-state index is 5.59. The molecule has 1 aromatic rings. The zero-order valence-electron chi connectivity index (χ0n) is 10.9. The number of thioether (sulfide) groups is 1. The summed E-state index contributed by atoms with van der Waals surface area (Å²) in [5, 5.41) is 4.41. The monoisotopic (exact) mass is 263 g/mol. The van der Waals surface area contributed by atoms with Gasteiger partial charge in [0.05, 0.1) is 6.61 Å². The van der Waals surface area contributed by atoms with E-state index in [1.54, 1.807) is 0 Å². The minimum Gasteiger partial charge on any atom is -0.493 e. The van der Waals surface area contributed by atoms with Gasteiger partial charge in [0.2, 0.25) is 0 Å². The third-order valence-electron chi connectivity index (χ3n) is 3.83. The zero-order chi connectivity index (χ0) is 12.4. The van der Waals surface area contributed by atoms with E-state index in [1.807, 2.05) is 0 Å². The van der Waals surface area contributed by atoms with Gasteiger partial charge in [0.15, 0.2) is 0 Å². The molecule has 18 heavy (non-hydrogen) atoms. The van der Waals surface area contributed by atoms with Gasteiger partial charge in [-0.3, -0.25) is 0 Å². The number of hydrogen-bond acceptors (Lipinski definition) is 3. The molecule has 1 fully saturated rings. The average molecular weight is 263 g/mol. The Labute approximate surface area is 113 Å². The molecule has 2 aliphatic rings. The summed E-state index contributed by atoms with van der Waals surface area (Å²) in [5.74, 6) is 2.41. The van der Waals surface area contributed by atoms with Gasteiger partial charge in [-0.1, -0.05) is 19.1 Å². The fraction of sp³-hybridized carbons (Fsp3) is 0.600. The molecule has 0 aliphatic carbocycles. The Bertz CT molecular complexity index is 415.